The van der Waals surface area contributed by atoms with Gasteiger partial charge in [-0.25, -0.2) is 0 Å². The van der Waals surface area contributed by atoms with E-state index in [1.165, 1.54) is 33.4 Å². The molecule has 13 rings (SSSR count). The van der Waals surface area contributed by atoms with E-state index in [1.807, 2.05) is 54.6 Å². The molecule has 348 valence electrons. The molecule has 1 aliphatic carbocycles. The highest BCUT2D eigenvalue weighted by atomic mass is 15.2. The second kappa shape index (κ2) is 17.9. The van der Waals surface area contributed by atoms with Gasteiger partial charge in [-0.15, -0.1) is 0 Å². The number of hydrogen-bond donors (Lipinski definition) is 0. The third kappa shape index (κ3) is 7.27. The first-order valence-electron chi connectivity index (χ1n) is 27.4. The Morgan fingerprint density at radius 1 is 0.342 bits per heavy atom. The van der Waals surface area contributed by atoms with Crippen LogP contribution in [0.25, 0.3) is 22.3 Å². The van der Waals surface area contributed by atoms with Crippen LogP contribution in [0.1, 0.15) is 54.1 Å². The largest absolute Gasteiger partial charge is 0.311 e. The summed E-state index contributed by atoms with van der Waals surface area (Å²) in [5.74, 6) is 0. The van der Waals surface area contributed by atoms with Crippen molar-refractivity contribution in [3.05, 3.63) is 318 Å². The molecular formula is C70H53N3. The van der Waals surface area contributed by atoms with Crippen molar-refractivity contribution in [3.63, 3.8) is 0 Å². The van der Waals surface area contributed by atoms with Gasteiger partial charge in [-0.2, -0.15) is 0 Å². The van der Waals surface area contributed by atoms with Crippen LogP contribution in [-0.4, -0.2) is 0 Å². The van der Waals surface area contributed by atoms with Crippen molar-refractivity contribution in [1.82, 2.24) is 0 Å². The van der Waals surface area contributed by atoms with Gasteiger partial charge in [-0.1, -0.05) is 202 Å². The first-order valence-corrected chi connectivity index (χ1v) is 24.9. The zero-order valence-electron chi connectivity index (χ0n) is 45.6. The summed E-state index contributed by atoms with van der Waals surface area (Å²) in [6, 6.07) is 88.0. The van der Waals surface area contributed by atoms with Crippen LogP contribution < -0.4 is 14.7 Å². The lowest BCUT2D eigenvalue weighted by molar-refractivity contribution is 0.627. The molecule has 0 atom stereocenters. The van der Waals surface area contributed by atoms with Crippen LogP contribution in [0.4, 0.5) is 51.2 Å². The fourth-order valence-electron chi connectivity index (χ4n) is 11.6. The van der Waals surface area contributed by atoms with Gasteiger partial charge < -0.3 is 14.7 Å². The highest BCUT2D eigenvalue weighted by Gasteiger charge is 2.47. The lowest BCUT2D eigenvalue weighted by atomic mass is 9.65. The summed E-state index contributed by atoms with van der Waals surface area (Å²) < 4.78 is 44.4. The summed E-state index contributed by atoms with van der Waals surface area (Å²) in [6.45, 7) is 4.70. The molecule has 1 aliphatic heterocycles. The molecule has 0 radical (unpaired) electrons. The summed E-state index contributed by atoms with van der Waals surface area (Å²) in [5, 5.41) is 0. The molecule has 0 saturated carbocycles. The molecule has 0 unspecified atom stereocenters. The standard InChI is InChI=1S/C70H53N3/c1-69(2)65-48-53(70(52-24-10-4-11-25-52)63-34-20-18-32-61(63)62-33-19-21-35-64(62)70)38-46-67(65)73(68-47-45-60(49-66(68)69)72(55-28-14-6-15-29-55)56-30-16-7-17-31-56)59-43-41-58(42-44-59)71(54-26-12-5-13-27-54)57-39-36-51(37-40-57)50-22-8-3-9-23-50/h3-49H,1-2H3/i5D,12D,13D,26D,27D. The Balaban J connectivity index is 1.02. The topological polar surface area (TPSA) is 9.72 Å². The highest BCUT2D eigenvalue weighted by molar-refractivity contribution is 5.92. The molecule has 0 aromatic heterocycles. The number of rotatable bonds is 10. The van der Waals surface area contributed by atoms with E-state index in [4.69, 9.17) is 4.11 Å². The Morgan fingerprint density at radius 3 is 1.37 bits per heavy atom. The van der Waals surface area contributed by atoms with Crippen molar-refractivity contribution in [2.75, 3.05) is 14.7 Å². The summed E-state index contributed by atoms with van der Waals surface area (Å²) in [6.07, 6.45) is 0. The summed E-state index contributed by atoms with van der Waals surface area (Å²) in [5.41, 5.74) is 18.0. The highest BCUT2D eigenvalue weighted by Crippen LogP contribution is 2.59. The summed E-state index contributed by atoms with van der Waals surface area (Å²) >= 11 is 0. The average molecular weight is 941 g/mol. The quantitative estimate of drug-likeness (QED) is 0.135. The van der Waals surface area contributed by atoms with Gasteiger partial charge in [0.15, 0.2) is 0 Å². The van der Waals surface area contributed by atoms with Gasteiger partial charge >= 0.3 is 0 Å². The molecule has 1 heterocycles. The Bertz CT molecular complexity index is 3940. The van der Waals surface area contributed by atoms with E-state index < -0.39 is 29.0 Å². The lowest BCUT2D eigenvalue weighted by Crippen LogP contribution is -2.33. The Labute approximate surface area is 436 Å². The number of fused-ring (bicyclic) bond motifs is 5. The summed E-state index contributed by atoms with van der Waals surface area (Å²) in [4.78, 5) is 6.45. The minimum absolute atomic E-state index is 0.0699. The van der Waals surface area contributed by atoms with E-state index >= 15 is 0 Å². The number of nitrogens with zero attached hydrogens (tertiary/aromatic N) is 3. The van der Waals surface area contributed by atoms with Crippen LogP contribution in [-0.2, 0) is 10.8 Å². The summed E-state index contributed by atoms with van der Waals surface area (Å²) in [7, 11) is 0. The fourth-order valence-corrected chi connectivity index (χ4v) is 11.6. The van der Waals surface area contributed by atoms with Crippen LogP contribution in [0.5, 0.6) is 0 Å². The molecule has 3 nitrogen and oxygen atoms in total. The third-order valence-corrected chi connectivity index (χ3v) is 15.0. The van der Waals surface area contributed by atoms with Crippen molar-refractivity contribution in [1.29, 1.82) is 0 Å². The first-order chi connectivity index (χ1) is 38.0. The molecule has 0 bridgehead atoms. The molecule has 0 fully saturated rings. The van der Waals surface area contributed by atoms with Gasteiger partial charge in [-0.05, 0) is 153 Å². The Hall–Kier alpha value is -9.18. The number of hydrogen-bond acceptors (Lipinski definition) is 3. The maximum absolute atomic E-state index is 9.20. The SMILES string of the molecule is [2H]c1c([2H])c([2H])c(N(c2ccc(-c3ccccc3)cc2)c2ccc(N3c4ccc(N(c5ccccc5)c5ccccc5)cc4C(C)(C)c4cc(C5(c6ccccc6)c6ccccc6-c6ccccc65)ccc43)cc2)c([2H])c1[2H]. The van der Waals surface area contributed by atoms with Gasteiger partial charge in [0.25, 0.3) is 0 Å². The molecule has 11 aromatic rings. The van der Waals surface area contributed by atoms with Gasteiger partial charge in [-0.3, -0.25) is 0 Å². The molecule has 3 heteroatoms. The van der Waals surface area contributed by atoms with Gasteiger partial charge in [0.1, 0.15) is 0 Å². The van der Waals surface area contributed by atoms with Crippen LogP contribution in [0.2, 0.25) is 0 Å². The fraction of sp³-hybridized carbons (Fsp3) is 0.0571. The zero-order valence-corrected chi connectivity index (χ0v) is 40.6. The van der Waals surface area contributed by atoms with Crippen LogP contribution in [0.15, 0.2) is 285 Å². The normalized spacial score (nSPS) is 14.5. The Kier molecular flexibility index (Phi) is 9.45. The van der Waals surface area contributed by atoms with Crippen LogP contribution >= 0.6 is 0 Å². The third-order valence-electron chi connectivity index (χ3n) is 15.0. The second-order valence-corrected chi connectivity index (χ2v) is 19.3. The maximum Gasteiger partial charge on any atom is 0.0713 e. The molecule has 0 amide bonds. The van der Waals surface area contributed by atoms with Crippen molar-refractivity contribution in [2.45, 2.75) is 24.7 Å². The molecule has 73 heavy (non-hydrogen) atoms. The van der Waals surface area contributed by atoms with Crippen LogP contribution in [0.3, 0.4) is 0 Å². The molecule has 0 saturated heterocycles. The van der Waals surface area contributed by atoms with Crippen LogP contribution in [0, 0.1) is 0 Å². The van der Waals surface area contributed by atoms with Crippen molar-refractivity contribution >= 4 is 51.2 Å². The van der Waals surface area contributed by atoms with E-state index in [0.717, 1.165) is 56.4 Å². The second-order valence-electron chi connectivity index (χ2n) is 19.3. The maximum atomic E-state index is 9.20. The average Bonchev–Trinajstić information content (AvgIpc) is 3.68. The molecule has 11 aromatic carbocycles. The number of benzene rings is 11. The number of para-hydroxylation sites is 3. The molecular weight excluding hydrogens is 883 g/mol. The predicted octanol–water partition coefficient (Wildman–Crippen LogP) is 18.8. The van der Waals surface area contributed by atoms with Crippen molar-refractivity contribution in [3.8, 4) is 22.3 Å². The van der Waals surface area contributed by atoms with Crippen molar-refractivity contribution in [2.24, 2.45) is 0 Å². The van der Waals surface area contributed by atoms with E-state index in [2.05, 4.69) is 224 Å². The van der Waals surface area contributed by atoms with E-state index in [9.17, 15) is 2.74 Å². The molecule has 0 N–H and O–H groups in total. The van der Waals surface area contributed by atoms with Gasteiger partial charge in [0.2, 0.25) is 0 Å². The lowest BCUT2D eigenvalue weighted by Gasteiger charge is -2.44. The minimum atomic E-state index is -0.613. The van der Waals surface area contributed by atoms with E-state index in [-0.39, 0.29) is 17.8 Å². The van der Waals surface area contributed by atoms with Gasteiger partial charge in [0.05, 0.1) is 23.6 Å². The predicted molar refractivity (Wildman–Crippen MR) is 305 cm³/mol. The minimum Gasteiger partial charge on any atom is -0.311 e. The first kappa shape index (κ1) is 38.6. The van der Waals surface area contributed by atoms with E-state index in [0.29, 0.717) is 11.4 Å². The Morgan fingerprint density at radius 2 is 0.781 bits per heavy atom. The van der Waals surface area contributed by atoms with Gasteiger partial charge in [0, 0.05) is 45.2 Å². The van der Waals surface area contributed by atoms with E-state index in [1.54, 1.807) is 4.90 Å². The zero-order chi connectivity index (χ0) is 53.3. The monoisotopic (exact) mass is 940 g/mol. The number of anilines is 9. The van der Waals surface area contributed by atoms with Crippen molar-refractivity contribution < 1.29 is 6.85 Å². The smallest absolute Gasteiger partial charge is 0.0713 e. The molecule has 0 spiro atoms. The molecule has 2 aliphatic rings.